The van der Waals surface area contributed by atoms with Gasteiger partial charge in [-0.3, -0.25) is 0 Å². The lowest BCUT2D eigenvalue weighted by molar-refractivity contribution is 0.624. The summed E-state index contributed by atoms with van der Waals surface area (Å²) in [6.07, 6.45) is 3.42. The molecule has 0 radical (unpaired) electrons. The fraction of sp³-hybridized carbons (Fsp3) is 0.0588. The summed E-state index contributed by atoms with van der Waals surface area (Å²) in [6.45, 7) is 0. The van der Waals surface area contributed by atoms with Gasteiger partial charge >= 0.3 is 0 Å². The molecule has 3 nitrogen and oxygen atoms in total. The molecule has 0 bridgehead atoms. The SMILES string of the molecule is Cn1cnc2ccc(/C=C(\C#N)c3ccccc3F)cc21. The first-order valence-electron chi connectivity index (χ1n) is 6.47. The van der Waals surface area contributed by atoms with Crippen molar-refractivity contribution in [3.63, 3.8) is 0 Å². The van der Waals surface area contributed by atoms with Crippen molar-refractivity contribution in [2.24, 2.45) is 7.05 Å². The van der Waals surface area contributed by atoms with Crippen molar-refractivity contribution in [3.8, 4) is 6.07 Å². The van der Waals surface area contributed by atoms with Gasteiger partial charge in [-0.05, 0) is 29.8 Å². The summed E-state index contributed by atoms with van der Waals surface area (Å²) >= 11 is 0. The maximum absolute atomic E-state index is 13.8. The van der Waals surface area contributed by atoms with E-state index in [0.29, 0.717) is 11.1 Å². The van der Waals surface area contributed by atoms with Gasteiger partial charge in [0, 0.05) is 12.6 Å². The Hall–Kier alpha value is -2.93. The first-order chi connectivity index (χ1) is 10.2. The maximum Gasteiger partial charge on any atom is 0.131 e. The normalized spacial score (nSPS) is 11.6. The Balaban J connectivity index is 2.11. The first kappa shape index (κ1) is 13.1. The molecule has 1 heterocycles. The van der Waals surface area contributed by atoms with Gasteiger partial charge in [0.05, 0.1) is 29.0 Å². The Morgan fingerprint density at radius 2 is 2.10 bits per heavy atom. The fourth-order valence-corrected chi connectivity index (χ4v) is 2.25. The van der Waals surface area contributed by atoms with E-state index in [4.69, 9.17) is 0 Å². The van der Waals surface area contributed by atoms with Crippen molar-refractivity contribution >= 4 is 22.7 Å². The van der Waals surface area contributed by atoms with Crippen LogP contribution >= 0.6 is 0 Å². The molecule has 0 saturated heterocycles. The largest absolute Gasteiger partial charge is 0.334 e. The molecule has 0 N–H and O–H groups in total. The van der Waals surface area contributed by atoms with E-state index in [1.807, 2.05) is 29.8 Å². The van der Waals surface area contributed by atoms with Crippen LogP contribution in [0.3, 0.4) is 0 Å². The zero-order valence-electron chi connectivity index (χ0n) is 11.4. The molecule has 0 atom stereocenters. The highest BCUT2D eigenvalue weighted by atomic mass is 19.1. The quantitative estimate of drug-likeness (QED) is 0.528. The summed E-state index contributed by atoms with van der Waals surface area (Å²) in [4.78, 5) is 4.25. The number of fused-ring (bicyclic) bond motifs is 1. The highest BCUT2D eigenvalue weighted by Crippen LogP contribution is 2.22. The van der Waals surface area contributed by atoms with E-state index in [1.165, 1.54) is 6.07 Å². The van der Waals surface area contributed by atoms with E-state index >= 15 is 0 Å². The van der Waals surface area contributed by atoms with E-state index in [2.05, 4.69) is 11.1 Å². The molecule has 1 aromatic heterocycles. The van der Waals surface area contributed by atoms with Crippen LogP contribution in [0.25, 0.3) is 22.7 Å². The second-order valence-corrected chi connectivity index (χ2v) is 4.75. The number of aromatic nitrogens is 2. The van der Waals surface area contributed by atoms with Crippen molar-refractivity contribution in [2.45, 2.75) is 0 Å². The molecule has 0 spiro atoms. The fourth-order valence-electron chi connectivity index (χ4n) is 2.25. The van der Waals surface area contributed by atoms with Crippen molar-refractivity contribution < 1.29 is 4.39 Å². The first-order valence-corrected chi connectivity index (χ1v) is 6.47. The molecule has 102 valence electrons. The zero-order chi connectivity index (χ0) is 14.8. The lowest BCUT2D eigenvalue weighted by atomic mass is 10.0. The molecule has 3 aromatic rings. The number of rotatable bonds is 2. The van der Waals surface area contributed by atoms with Crippen LogP contribution in [-0.4, -0.2) is 9.55 Å². The van der Waals surface area contributed by atoms with Crippen LogP contribution in [0.1, 0.15) is 11.1 Å². The molecule has 0 fully saturated rings. The number of halogens is 1. The molecule has 3 rings (SSSR count). The third kappa shape index (κ3) is 2.41. The lowest BCUT2D eigenvalue weighted by Crippen LogP contribution is -1.88. The Labute approximate surface area is 121 Å². The van der Waals surface area contributed by atoms with Crippen LogP contribution in [0.15, 0.2) is 48.8 Å². The average Bonchev–Trinajstić information content (AvgIpc) is 2.87. The number of benzene rings is 2. The van der Waals surface area contributed by atoms with Crippen LogP contribution < -0.4 is 0 Å². The van der Waals surface area contributed by atoms with E-state index in [0.717, 1.165) is 16.6 Å². The van der Waals surface area contributed by atoms with Gasteiger partial charge in [0.2, 0.25) is 0 Å². The Morgan fingerprint density at radius 3 is 2.86 bits per heavy atom. The van der Waals surface area contributed by atoms with Crippen LogP contribution in [0.4, 0.5) is 4.39 Å². The summed E-state index contributed by atoms with van der Waals surface area (Å²) in [5.74, 6) is -0.396. The second-order valence-electron chi connectivity index (χ2n) is 4.75. The monoisotopic (exact) mass is 277 g/mol. The topological polar surface area (TPSA) is 41.6 Å². The minimum atomic E-state index is -0.396. The standard InChI is InChI=1S/C17H12FN3/c1-21-11-20-16-7-6-12(9-17(16)21)8-13(10-19)14-4-2-3-5-15(14)18/h2-9,11H,1H3/b13-8+. The predicted octanol–water partition coefficient (Wildman–Crippen LogP) is 3.78. The summed E-state index contributed by atoms with van der Waals surface area (Å²) in [5, 5.41) is 9.29. The van der Waals surface area contributed by atoms with Gasteiger partial charge in [-0.1, -0.05) is 24.3 Å². The molecule has 0 unspecified atom stereocenters. The molecule has 2 aromatic carbocycles. The molecule has 0 aliphatic carbocycles. The Morgan fingerprint density at radius 1 is 1.29 bits per heavy atom. The number of nitriles is 1. The van der Waals surface area contributed by atoms with E-state index in [1.54, 1.807) is 30.6 Å². The molecule has 0 aliphatic heterocycles. The van der Waals surface area contributed by atoms with E-state index in [9.17, 15) is 9.65 Å². The molecular formula is C17H12FN3. The van der Waals surface area contributed by atoms with Crippen LogP contribution in [0.5, 0.6) is 0 Å². The number of hydrogen-bond donors (Lipinski definition) is 0. The van der Waals surface area contributed by atoms with Gasteiger partial charge in [-0.15, -0.1) is 0 Å². The summed E-state index contributed by atoms with van der Waals surface area (Å²) in [6, 6.07) is 14.0. The smallest absolute Gasteiger partial charge is 0.131 e. The molecular weight excluding hydrogens is 265 g/mol. The summed E-state index contributed by atoms with van der Waals surface area (Å²) in [7, 11) is 1.91. The number of nitrogens with zero attached hydrogens (tertiary/aromatic N) is 3. The zero-order valence-corrected chi connectivity index (χ0v) is 11.4. The summed E-state index contributed by atoms with van der Waals surface area (Å²) in [5.41, 5.74) is 3.30. The Kier molecular flexibility index (Phi) is 3.25. The van der Waals surface area contributed by atoms with Gasteiger partial charge in [0.15, 0.2) is 0 Å². The minimum Gasteiger partial charge on any atom is -0.334 e. The average molecular weight is 277 g/mol. The Bertz CT molecular complexity index is 884. The lowest BCUT2D eigenvalue weighted by Gasteiger charge is -2.02. The van der Waals surface area contributed by atoms with Crippen molar-refractivity contribution in [3.05, 3.63) is 65.7 Å². The number of aryl methyl sites for hydroxylation is 1. The third-order valence-corrected chi connectivity index (χ3v) is 3.34. The van der Waals surface area contributed by atoms with Gasteiger partial charge in [-0.25, -0.2) is 9.37 Å². The van der Waals surface area contributed by atoms with Crippen molar-refractivity contribution in [1.82, 2.24) is 9.55 Å². The highest BCUT2D eigenvalue weighted by molar-refractivity contribution is 5.91. The van der Waals surface area contributed by atoms with Crippen molar-refractivity contribution in [2.75, 3.05) is 0 Å². The molecule has 21 heavy (non-hydrogen) atoms. The van der Waals surface area contributed by atoms with Crippen LogP contribution in [-0.2, 0) is 7.05 Å². The van der Waals surface area contributed by atoms with Gasteiger partial charge in [0.25, 0.3) is 0 Å². The van der Waals surface area contributed by atoms with E-state index in [-0.39, 0.29) is 0 Å². The van der Waals surface area contributed by atoms with Crippen LogP contribution in [0, 0.1) is 17.1 Å². The second kappa shape index (κ2) is 5.22. The maximum atomic E-state index is 13.8. The van der Waals surface area contributed by atoms with Crippen molar-refractivity contribution in [1.29, 1.82) is 5.26 Å². The molecule has 4 heteroatoms. The minimum absolute atomic E-state index is 0.301. The number of hydrogen-bond acceptors (Lipinski definition) is 2. The van der Waals surface area contributed by atoms with Gasteiger partial charge in [-0.2, -0.15) is 5.26 Å². The number of allylic oxidation sites excluding steroid dienone is 1. The molecule has 0 amide bonds. The summed E-state index contributed by atoms with van der Waals surface area (Å²) < 4.78 is 15.7. The van der Waals surface area contributed by atoms with Crippen LogP contribution in [0.2, 0.25) is 0 Å². The molecule has 0 aliphatic rings. The van der Waals surface area contributed by atoms with Gasteiger partial charge in [0.1, 0.15) is 5.82 Å². The highest BCUT2D eigenvalue weighted by Gasteiger charge is 2.07. The third-order valence-electron chi connectivity index (χ3n) is 3.34. The van der Waals surface area contributed by atoms with Gasteiger partial charge < -0.3 is 4.57 Å². The predicted molar refractivity (Wildman–Crippen MR) is 80.6 cm³/mol. The van der Waals surface area contributed by atoms with E-state index < -0.39 is 5.82 Å². The molecule has 0 saturated carbocycles. The number of imidazole rings is 1.